The van der Waals surface area contributed by atoms with Gasteiger partial charge in [-0.3, -0.25) is 11.3 Å². The summed E-state index contributed by atoms with van der Waals surface area (Å²) in [6.45, 7) is 4.44. The second kappa shape index (κ2) is 4.98. The fourth-order valence-corrected chi connectivity index (χ4v) is 2.33. The van der Waals surface area contributed by atoms with Crippen LogP contribution in [0.1, 0.15) is 30.9 Å². The number of nitrogens with two attached hydrogens (primary N) is 1. The number of hydrogen-bond acceptors (Lipinski definition) is 2. The molecule has 2 unspecified atom stereocenters. The van der Waals surface area contributed by atoms with E-state index in [0.29, 0.717) is 12.0 Å². The van der Waals surface area contributed by atoms with Gasteiger partial charge in [-0.1, -0.05) is 36.8 Å². The minimum Gasteiger partial charge on any atom is -0.271 e. The molecule has 88 valence electrons. The standard InChI is InChI=1S/C14H22N2/c1-10-3-5-12(6-4-10)9-14(16-15)11(2)13-7-8-13/h3-6,11,13-14,16H,7-9,15H2,1-2H3. The minimum absolute atomic E-state index is 0.412. The predicted octanol–water partition coefficient (Wildman–Crippen LogP) is 2.42. The third kappa shape index (κ3) is 2.83. The Bertz CT molecular complexity index is 327. The van der Waals surface area contributed by atoms with Gasteiger partial charge in [0.25, 0.3) is 0 Å². The third-order valence-corrected chi connectivity index (χ3v) is 3.79. The topological polar surface area (TPSA) is 38.0 Å². The molecule has 0 spiro atoms. The molecule has 1 aliphatic carbocycles. The molecule has 0 aliphatic heterocycles. The van der Waals surface area contributed by atoms with E-state index in [9.17, 15) is 0 Å². The molecule has 0 radical (unpaired) electrons. The summed E-state index contributed by atoms with van der Waals surface area (Å²) in [6.07, 6.45) is 3.80. The highest BCUT2D eigenvalue weighted by Crippen LogP contribution is 2.38. The van der Waals surface area contributed by atoms with E-state index in [1.54, 1.807) is 0 Å². The zero-order chi connectivity index (χ0) is 11.5. The summed E-state index contributed by atoms with van der Waals surface area (Å²) >= 11 is 0. The van der Waals surface area contributed by atoms with Crippen molar-refractivity contribution in [1.29, 1.82) is 0 Å². The lowest BCUT2D eigenvalue weighted by Crippen LogP contribution is -2.42. The van der Waals surface area contributed by atoms with Crippen molar-refractivity contribution in [2.75, 3.05) is 0 Å². The van der Waals surface area contributed by atoms with Crippen molar-refractivity contribution in [3.8, 4) is 0 Å². The van der Waals surface area contributed by atoms with Crippen molar-refractivity contribution in [2.45, 2.75) is 39.2 Å². The Kier molecular flexibility index (Phi) is 3.62. The first-order valence-corrected chi connectivity index (χ1v) is 6.22. The van der Waals surface area contributed by atoms with E-state index < -0.39 is 0 Å². The number of hydrazine groups is 1. The first-order chi connectivity index (χ1) is 7.70. The van der Waals surface area contributed by atoms with Gasteiger partial charge in [0.15, 0.2) is 0 Å². The van der Waals surface area contributed by atoms with Gasteiger partial charge < -0.3 is 0 Å². The Morgan fingerprint density at radius 2 is 1.94 bits per heavy atom. The Labute approximate surface area is 98.2 Å². The monoisotopic (exact) mass is 218 g/mol. The molecule has 2 nitrogen and oxygen atoms in total. The lowest BCUT2D eigenvalue weighted by Gasteiger charge is -2.23. The van der Waals surface area contributed by atoms with Crippen molar-refractivity contribution in [2.24, 2.45) is 17.7 Å². The summed E-state index contributed by atoms with van der Waals surface area (Å²) in [5.41, 5.74) is 5.68. The normalized spacial score (nSPS) is 19.4. The molecule has 1 fully saturated rings. The summed E-state index contributed by atoms with van der Waals surface area (Å²) in [4.78, 5) is 0. The first kappa shape index (κ1) is 11.6. The summed E-state index contributed by atoms with van der Waals surface area (Å²) in [5, 5.41) is 0. The highest BCUT2D eigenvalue weighted by molar-refractivity contribution is 5.22. The number of hydrogen-bond donors (Lipinski definition) is 2. The van der Waals surface area contributed by atoms with E-state index in [0.717, 1.165) is 12.3 Å². The molecule has 0 bridgehead atoms. The summed E-state index contributed by atoms with van der Waals surface area (Å²) in [6, 6.07) is 9.17. The van der Waals surface area contributed by atoms with E-state index in [4.69, 9.17) is 5.84 Å². The van der Waals surface area contributed by atoms with Crippen LogP contribution >= 0.6 is 0 Å². The highest BCUT2D eigenvalue weighted by Gasteiger charge is 2.32. The van der Waals surface area contributed by atoms with E-state index in [-0.39, 0.29) is 0 Å². The van der Waals surface area contributed by atoms with Gasteiger partial charge in [-0.25, -0.2) is 0 Å². The Morgan fingerprint density at radius 3 is 2.44 bits per heavy atom. The van der Waals surface area contributed by atoms with Crippen LogP contribution in [0, 0.1) is 18.8 Å². The fourth-order valence-electron chi connectivity index (χ4n) is 2.33. The second-order valence-electron chi connectivity index (χ2n) is 5.16. The molecule has 1 aromatic carbocycles. The van der Waals surface area contributed by atoms with Crippen LogP contribution in [-0.4, -0.2) is 6.04 Å². The van der Waals surface area contributed by atoms with Crippen molar-refractivity contribution >= 4 is 0 Å². The molecule has 3 N–H and O–H groups in total. The van der Waals surface area contributed by atoms with Crippen molar-refractivity contribution in [3.05, 3.63) is 35.4 Å². The molecule has 2 atom stereocenters. The van der Waals surface area contributed by atoms with E-state index in [1.807, 2.05) is 0 Å². The number of benzene rings is 1. The minimum atomic E-state index is 0.412. The molecule has 0 aromatic heterocycles. The first-order valence-electron chi connectivity index (χ1n) is 6.22. The SMILES string of the molecule is Cc1ccc(CC(NN)C(C)C2CC2)cc1. The maximum Gasteiger partial charge on any atom is 0.0279 e. The lowest BCUT2D eigenvalue weighted by molar-refractivity contribution is 0.343. The third-order valence-electron chi connectivity index (χ3n) is 3.79. The zero-order valence-corrected chi connectivity index (χ0v) is 10.2. The molecule has 1 aliphatic rings. The Hall–Kier alpha value is -0.860. The second-order valence-corrected chi connectivity index (χ2v) is 5.16. The quantitative estimate of drug-likeness (QED) is 0.588. The lowest BCUT2D eigenvalue weighted by atomic mass is 9.91. The van der Waals surface area contributed by atoms with Crippen LogP contribution in [0.5, 0.6) is 0 Å². The van der Waals surface area contributed by atoms with Crippen LogP contribution in [0.3, 0.4) is 0 Å². The smallest absolute Gasteiger partial charge is 0.0279 e. The van der Waals surface area contributed by atoms with Gasteiger partial charge in [0.05, 0.1) is 0 Å². The molecule has 16 heavy (non-hydrogen) atoms. The molecule has 0 heterocycles. The van der Waals surface area contributed by atoms with Crippen LogP contribution in [0.2, 0.25) is 0 Å². The molecule has 0 amide bonds. The van der Waals surface area contributed by atoms with E-state index >= 15 is 0 Å². The molecular formula is C14H22N2. The van der Waals surface area contributed by atoms with Gasteiger partial charge in [-0.05, 0) is 43.6 Å². The Balaban J connectivity index is 1.97. The predicted molar refractivity (Wildman–Crippen MR) is 67.9 cm³/mol. The largest absolute Gasteiger partial charge is 0.271 e. The molecule has 0 saturated heterocycles. The van der Waals surface area contributed by atoms with Gasteiger partial charge in [0.2, 0.25) is 0 Å². The molecular weight excluding hydrogens is 196 g/mol. The highest BCUT2D eigenvalue weighted by atomic mass is 15.2. The van der Waals surface area contributed by atoms with Gasteiger partial charge >= 0.3 is 0 Å². The number of rotatable bonds is 5. The summed E-state index contributed by atoms with van der Waals surface area (Å²) < 4.78 is 0. The van der Waals surface area contributed by atoms with Gasteiger partial charge in [0.1, 0.15) is 0 Å². The average molecular weight is 218 g/mol. The fraction of sp³-hybridized carbons (Fsp3) is 0.571. The van der Waals surface area contributed by atoms with Crippen molar-refractivity contribution in [3.63, 3.8) is 0 Å². The van der Waals surface area contributed by atoms with Crippen molar-refractivity contribution in [1.82, 2.24) is 5.43 Å². The van der Waals surface area contributed by atoms with E-state index in [1.165, 1.54) is 24.0 Å². The van der Waals surface area contributed by atoms with Gasteiger partial charge in [0, 0.05) is 6.04 Å². The van der Waals surface area contributed by atoms with Gasteiger partial charge in [-0.15, -0.1) is 0 Å². The van der Waals surface area contributed by atoms with Crippen LogP contribution in [0.25, 0.3) is 0 Å². The van der Waals surface area contributed by atoms with Crippen LogP contribution in [0.15, 0.2) is 24.3 Å². The number of nitrogens with one attached hydrogen (secondary N) is 1. The van der Waals surface area contributed by atoms with Crippen LogP contribution < -0.4 is 11.3 Å². The molecule has 2 heteroatoms. The molecule has 1 saturated carbocycles. The van der Waals surface area contributed by atoms with Crippen LogP contribution in [0.4, 0.5) is 0 Å². The maximum atomic E-state index is 5.67. The van der Waals surface area contributed by atoms with Crippen LogP contribution in [-0.2, 0) is 6.42 Å². The zero-order valence-electron chi connectivity index (χ0n) is 10.2. The van der Waals surface area contributed by atoms with E-state index in [2.05, 4.69) is 43.5 Å². The molecule has 1 aromatic rings. The molecule has 2 rings (SSSR count). The summed E-state index contributed by atoms with van der Waals surface area (Å²) in [7, 11) is 0. The van der Waals surface area contributed by atoms with Crippen molar-refractivity contribution < 1.29 is 0 Å². The number of aryl methyl sites for hydroxylation is 1. The summed E-state index contributed by atoms with van der Waals surface area (Å²) in [5.74, 6) is 7.25. The Morgan fingerprint density at radius 1 is 1.31 bits per heavy atom. The average Bonchev–Trinajstić information content (AvgIpc) is 3.11. The van der Waals surface area contributed by atoms with Gasteiger partial charge in [-0.2, -0.15) is 0 Å². The maximum absolute atomic E-state index is 5.67.